The topological polar surface area (TPSA) is 48.7 Å². The first-order valence-corrected chi connectivity index (χ1v) is 7.45. The summed E-state index contributed by atoms with van der Waals surface area (Å²) < 4.78 is 51.2. The van der Waals surface area contributed by atoms with Gasteiger partial charge in [0.2, 0.25) is 0 Å². The second-order valence-corrected chi connectivity index (χ2v) is 5.50. The number of alkyl halides is 3. The van der Waals surface area contributed by atoms with Crippen molar-refractivity contribution in [2.24, 2.45) is 0 Å². The summed E-state index contributed by atoms with van der Waals surface area (Å²) in [6.07, 6.45) is -4.54. The van der Waals surface area contributed by atoms with Gasteiger partial charge in [0.1, 0.15) is 11.4 Å². The maximum absolute atomic E-state index is 13.4. The van der Waals surface area contributed by atoms with Crippen LogP contribution >= 0.6 is 0 Å². The number of aromatic nitrogens is 3. The lowest BCUT2D eigenvalue weighted by atomic mass is 10.1. The number of aryl methyl sites for hydroxylation is 1. The predicted molar refractivity (Wildman–Crippen MR) is 85.4 cm³/mol. The highest BCUT2D eigenvalue weighted by Crippen LogP contribution is 2.35. The Kier molecular flexibility index (Phi) is 4.38. The van der Waals surface area contributed by atoms with Gasteiger partial charge in [0, 0.05) is 12.8 Å². The van der Waals surface area contributed by atoms with Crippen LogP contribution in [0.1, 0.15) is 17.1 Å². The van der Waals surface area contributed by atoms with E-state index in [-0.39, 0.29) is 17.9 Å². The van der Waals surface area contributed by atoms with Crippen molar-refractivity contribution in [3.05, 3.63) is 47.4 Å². The molecule has 0 aliphatic heterocycles. The largest absolute Gasteiger partial charge is 0.497 e. The molecule has 0 amide bonds. The summed E-state index contributed by atoms with van der Waals surface area (Å²) in [6, 6.07) is 7.96. The molecule has 0 bridgehead atoms. The van der Waals surface area contributed by atoms with Crippen LogP contribution in [0.5, 0.6) is 5.75 Å². The van der Waals surface area contributed by atoms with Crippen molar-refractivity contribution in [2.45, 2.75) is 19.7 Å². The summed E-state index contributed by atoms with van der Waals surface area (Å²) in [5.74, 6) is 0.647. The Morgan fingerprint density at radius 3 is 2.36 bits per heavy atom. The third-order valence-corrected chi connectivity index (χ3v) is 3.74. The first-order valence-electron chi connectivity index (χ1n) is 7.45. The molecule has 132 valence electrons. The number of ether oxygens (including phenoxy) is 2. The number of benzene rings is 1. The Balaban J connectivity index is 2.31. The highest BCUT2D eigenvalue weighted by molar-refractivity contribution is 5.80. The first-order chi connectivity index (χ1) is 11.8. The maximum atomic E-state index is 13.4. The van der Waals surface area contributed by atoms with Crippen molar-refractivity contribution in [3.8, 4) is 16.9 Å². The van der Waals surface area contributed by atoms with E-state index in [4.69, 9.17) is 9.47 Å². The van der Waals surface area contributed by atoms with Gasteiger partial charge in [-0.05, 0) is 30.7 Å². The number of hydrogen-bond acceptors (Lipinski definition) is 4. The van der Waals surface area contributed by atoms with Gasteiger partial charge >= 0.3 is 6.18 Å². The summed E-state index contributed by atoms with van der Waals surface area (Å²) in [5.41, 5.74) is 1.12. The lowest BCUT2D eigenvalue weighted by Gasteiger charge is -2.10. The van der Waals surface area contributed by atoms with Crippen LogP contribution in [0.2, 0.25) is 0 Å². The second kappa shape index (κ2) is 6.36. The molecule has 0 radical (unpaired) electrons. The molecular formula is C17H16F3N3O2. The second-order valence-electron chi connectivity index (χ2n) is 5.50. The number of nitrogens with zero attached hydrogens (tertiary/aromatic N) is 3. The number of methoxy groups -OCH3 is 2. The van der Waals surface area contributed by atoms with Crippen molar-refractivity contribution in [1.82, 2.24) is 14.6 Å². The van der Waals surface area contributed by atoms with Gasteiger partial charge in [0.15, 0.2) is 5.65 Å². The molecule has 0 unspecified atom stereocenters. The van der Waals surface area contributed by atoms with Gasteiger partial charge < -0.3 is 9.47 Å². The van der Waals surface area contributed by atoms with E-state index < -0.39 is 11.9 Å². The average Bonchev–Trinajstić information content (AvgIpc) is 2.91. The van der Waals surface area contributed by atoms with Crippen LogP contribution in [0.4, 0.5) is 13.2 Å². The fourth-order valence-corrected chi connectivity index (χ4v) is 2.68. The van der Waals surface area contributed by atoms with Crippen LogP contribution in [-0.2, 0) is 17.5 Å². The Hall–Kier alpha value is -2.61. The summed E-state index contributed by atoms with van der Waals surface area (Å²) in [4.78, 5) is 4.29. The molecule has 0 saturated carbocycles. The van der Waals surface area contributed by atoms with Crippen molar-refractivity contribution >= 4 is 5.65 Å². The summed E-state index contributed by atoms with van der Waals surface area (Å²) in [6.45, 7) is 1.59. The predicted octanol–water partition coefficient (Wildman–Crippen LogP) is 3.88. The van der Waals surface area contributed by atoms with Crippen molar-refractivity contribution < 1.29 is 22.6 Å². The molecule has 2 heterocycles. The minimum Gasteiger partial charge on any atom is -0.497 e. The van der Waals surface area contributed by atoms with Crippen LogP contribution in [0, 0.1) is 6.92 Å². The van der Waals surface area contributed by atoms with Gasteiger partial charge in [-0.25, -0.2) is 9.50 Å². The van der Waals surface area contributed by atoms with Gasteiger partial charge in [-0.1, -0.05) is 12.1 Å². The first kappa shape index (κ1) is 17.2. The monoisotopic (exact) mass is 351 g/mol. The van der Waals surface area contributed by atoms with Crippen LogP contribution in [0.15, 0.2) is 30.3 Å². The molecule has 3 rings (SSSR count). The quantitative estimate of drug-likeness (QED) is 0.716. The maximum Gasteiger partial charge on any atom is 0.433 e. The molecule has 25 heavy (non-hydrogen) atoms. The zero-order chi connectivity index (χ0) is 18.2. The van der Waals surface area contributed by atoms with E-state index in [0.717, 1.165) is 10.6 Å². The van der Waals surface area contributed by atoms with Crippen molar-refractivity contribution in [1.29, 1.82) is 0 Å². The molecule has 0 saturated heterocycles. The Bertz CT molecular complexity index is 902. The van der Waals surface area contributed by atoms with Gasteiger partial charge in [0.05, 0.1) is 25.0 Å². The highest BCUT2D eigenvalue weighted by atomic mass is 19.4. The SMILES string of the molecule is COCc1nn2c(C(F)(F)F)cc(C)nc2c1-c1ccc(OC)cc1. The van der Waals surface area contributed by atoms with E-state index in [1.54, 1.807) is 31.4 Å². The number of halogens is 3. The minimum atomic E-state index is -4.54. The van der Waals surface area contributed by atoms with Crippen LogP contribution < -0.4 is 4.74 Å². The molecule has 0 aliphatic rings. The Morgan fingerprint density at radius 1 is 1.12 bits per heavy atom. The molecule has 2 aromatic heterocycles. The van der Waals surface area contributed by atoms with Gasteiger partial charge in [-0.15, -0.1) is 0 Å². The van der Waals surface area contributed by atoms with E-state index in [2.05, 4.69) is 10.1 Å². The van der Waals surface area contributed by atoms with Gasteiger partial charge in [0.25, 0.3) is 0 Å². The van der Waals surface area contributed by atoms with Crippen molar-refractivity contribution in [3.63, 3.8) is 0 Å². The summed E-state index contributed by atoms with van der Waals surface area (Å²) >= 11 is 0. The van der Waals surface area contributed by atoms with E-state index in [1.807, 2.05) is 0 Å². The molecule has 3 aromatic rings. The third-order valence-electron chi connectivity index (χ3n) is 3.74. The number of fused-ring (bicyclic) bond motifs is 1. The molecule has 8 heteroatoms. The van der Waals surface area contributed by atoms with Gasteiger partial charge in [-0.3, -0.25) is 0 Å². The molecule has 5 nitrogen and oxygen atoms in total. The van der Waals surface area contributed by atoms with E-state index in [1.165, 1.54) is 14.0 Å². The summed E-state index contributed by atoms with van der Waals surface area (Å²) in [5, 5.41) is 4.11. The molecule has 0 aliphatic carbocycles. The zero-order valence-electron chi connectivity index (χ0n) is 13.9. The lowest BCUT2D eigenvalue weighted by molar-refractivity contribution is -0.142. The molecular weight excluding hydrogens is 335 g/mol. The lowest BCUT2D eigenvalue weighted by Crippen LogP contribution is -2.14. The molecule has 0 atom stereocenters. The average molecular weight is 351 g/mol. The van der Waals surface area contributed by atoms with Crippen molar-refractivity contribution in [2.75, 3.05) is 14.2 Å². The number of hydrogen-bond donors (Lipinski definition) is 0. The minimum absolute atomic E-state index is 0.0705. The fourth-order valence-electron chi connectivity index (χ4n) is 2.68. The molecule has 0 N–H and O–H groups in total. The van der Waals surface area contributed by atoms with E-state index in [0.29, 0.717) is 22.6 Å². The molecule has 1 aromatic carbocycles. The zero-order valence-corrected chi connectivity index (χ0v) is 13.9. The Labute approximate surface area is 142 Å². The number of rotatable bonds is 4. The van der Waals surface area contributed by atoms with Gasteiger partial charge in [-0.2, -0.15) is 18.3 Å². The van der Waals surface area contributed by atoms with E-state index >= 15 is 0 Å². The molecule has 0 fully saturated rings. The standard InChI is InChI=1S/C17H16F3N3O2/c1-10-8-14(17(18,19)20)23-16(21-10)15(13(22-23)9-24-2)11-4-6-12(25-3)7-5-11/h4-8H,9H2,1-3H3. The third kappa shape index (κ3) is 3.17. The van der Waals surface area contributed by atoms with Crippen LogP contribution in [0.25, 0.3) is 16.8 Å². The molecule has 0 spiro atoms. The smallest absolute Gasteiger partial charge is 0.433 e. The van der Waals surface area contributed by atoms with E-state index in [9.17, 15) is 13.2 Å². The fraction of sp³-hybridized carbons (Fsp3) is 0.294. The Morgan fingerprint density at radius 2 is 1.80 bits per heavy atom. The van der Waals surface area contributed by atoms with Crippen LogP contribution in [-0.4, -0.2) is 28.8 Å². The van der Waals surface area contributed by atoms with Crippen LogP contribution in [0.3, 0.4) is 0 Å². The summed E-state index contributed by atoms with van der Waals surface area (Å²) in [7, 11) is 3.01. The normalized spacial score (nSPS) is 11.9. The highest BCUT2D eigenvalue weighted by Gasteiger charge is 2.35.